The molecule has 0 unspecified atom stereocenters. The van der Waals surface area contributed by atoms with E-state index in [1.54, 1.807) is 24.5 Å². The minimum atomic E-state index is 0.150. The fraction of sp³-hybridized carbons (Fsp3) is 0.296. The van der Waals surface area contributed by atoms with E-state index in [9.17, 15) is 0 Å². The van der Waals surface area contributed by atoms with Crippen molar-refractivity contribution in [2.24, 2.45) is 0 Å². The maximum Gasteiger partial charge on any atom is 0.229 e. The number of pyridine rings is 1. The van der Waals surface area contributed by atoms with E-state index < -0.39 is 0 Å². The van der Waals surface area contributed by atoms with Crippen LogP contribution in [0.2, 0.25) is 0 Å². The number of rotatable bonds is 7. The van der Waals surface area contributed by atoms with Crippen LogP contribution >= 0.6 is 0 Å². The topological polar surface area (TPSA) is 104 Å². The molecule has 4 heterocycles. The molecule has 36 heavy (non-hydrogen) atoms. The van der Waals surface area contributed by atoms with Crippen LogP contribution in [0.4, 0.5) is 23.3 Å². The summed E-state index contributed by atoms with van der Waals surface area (Å²) in [5, 5.41) is 10.0. The van der Waals surface area contributed by atoms with Crippen molar-refractivity contribution in [3.05, 3.63) is 78.2 Å². The van der Waals surface area contributed by atoms with E-state index in [1.165, 1.54) is 5.56 Å². The Hall–Kier alpha value is -3.95. The number of aryl methyl sites for hydroxylation is 1. The lowest BCUT2D eigenvalue weighted by atomic mass is 9.99. The first-order valence-corrected chi connectivity index (χ1v) is 12.1. The van der Waals surface area contributed by atoms with E-state index in [2.05, 4.69) is 83.9 Å². The molecule has 184 valence electrons. The second-order valence-electron chi connectivity index (χ2n) is 9.55. The molecule has 0 amide bonds. The number of nitrogens with zero attached hydrogens (tertiary/aromatic N) is 6. The molecule has 9 heteroatoms. The molecule has 0 atom stereocenters. The van der Waals surface area contributed by atoms with Crippen LogP contribution in [0, 0.1) is 6.92 Å². The molecule has 0 spiro atoms. The molecule has 1 aromatic carbocycles. The molecule has 4 aromatic rings. The van der Waals surface area contributed by atoms with Crippen molar-refractivity contribution in [2.45, 2.75) is 32.9 Å². The van der Waals surface area contributed by atoms with Crippen LogP contribution in [0.3, 0.4) is 0 Å². The Labute approximate surface area is 211 Å². The summed E-state index contributed by atoms with van der Waals surface area (Å²) in [6.45, 7) is 10.5. The van der Waals surface area contributed by atoms with Crippen molar-refractivity contribution in [3.63, 3.8) is 0 Å². The minimum absolute atomic E-state index is 0.150. The van der Waals surface area contributed by atoms with Gasteiger partial charge in [-0.2, -0.15) is 4.98 Å². The highest BCUT2D eigenvalue weighted by atomic mass is 15.2. The zero-order chi connectivity index (χ0) is 25.0. The van der Waals surface area contributed by atoms with Crippen molar-refractivity contribution in [2.75, 3.05) is 30.3 Å². The minimum Gasteiger partial charge on any atom is -0.325 e. The summed E-state index contributed by atoms with van der Waals surface area (Å²) in [5.41, 5.74) is 4.02. The number of aromatic nitrogens is 5. The third-order valence-electron chi connectivity index (χ3n) is 6.24. The van der Waals surface area contributed by atoms with Gasteiger partial charge in [-0.05, 0) is 62.7 Å². The van der Waals surface area contributed by atoms with Crippen LogP contribution in [0.5, 0.6) is 0 Å². The Morgan fingerprint density at radius 3 is 2.44 bits per heavy atom. The Kier molecular flexibility index (Phi) is 6.84. The van der Waals surface area contributed by atoms with Crippen LogP contribution in [-0.2, 0) is 6.54 Å². The lowest BCUT2D eigenvalue weighted by molar-refractivity contribution is 0.0828. The summed E-state index contributed by atoms with van der Waals surface area (Å²) in [6, 6.07) is 17.8. The van der Waals surface area contributed by atoms with Gasteiger partial charge in [0.2, 0.25) is 5.95 Å². The highest BCUT2D eigenvalue weighted by Crippen LogP contribution is 2.22. The lowest BCUT2D eigenvalue weighted by Crippen LogP contribution is -2.57. The number of piperazine rings is 1. The Bertz CT molecular complexity index is 1320. The molecule has 0 radical (unpaired) electrons. The van der Waals surface area contributed by atoms with Crippen LogP contribution in [0.25, 0.3) is 11.5 Å². The summed E-state index contributed by atoms with van der Waals surface area (Å²) in [6.07, 6.45) is 3.42. The van der Waals surface area contributed by atoms with Crippen LogP contribution < -0.4 is 16.0 Å². The van der Waals surface area contributed by atoms with E-state index in [0.29, 0.717) is 23.4 Å². The number of hydrogen-bond donors (Lipinski definition) is 3. The summed E-state index contributed by atoms with van der Waals surface area (Å²) < 4.78 is 0. The zero-order valence-corrected chi connectivity index (χ0v) is 20.9. The molecule has 0 bridgehead atoms. The van der Waals surface area contributed by atoms with Gasteiger partial charge < -0.3 is 16.0 Å². The maximum absolute atomic E-state index is 4.59. The van der Waals surface area contributed by atoms with Gasteiger partial charge in [0.15, 0.2) is 5.82 Å². The predicted molar refractivity (Wildman–Crippen MR) is 142 cm³/mol. The van der Waals surface area contributed by atoms with Crippen molar-refractivity contribution in [1.29, 1.82) is 0 Å². The van der Waals surface area contributed by atoms with Gasteiger partial charge in [-0.25, -0.2) is 19.9 Å². The predicted octanol–water partition coefficient (Wildman–Crippen LogP) is 4.31. The molecule has 0 saturated carbocycles. The monoisotopic (exact) mass is 481 g/mol. The van der Waals surface area contributed by atoms with Crippen LogP contribution in [0.1, 0.15) is 25.1 Å². The molecular weight excluding hydrogens is 450 g/mol. The molecule has 0 aliphatic carbocycles. The summed E-state index contributed by atoms with van der Waals surface area (Å²) in [7, 11) is 0. The Morgan fingerprint density at radius 1 is 0.889 bits per heavy atom. The molecule has 1 fully saturated rings. The third-order valence-corrected chi connectivity index (χ3v) is 6.24. The first-order chi connectivity index (χ1) is 17.4. The fourth-order valence-corrected chi connectivity index (χ4v) is 4.20. The second-order valence-corrected chi connectivity index (χ2v) is 9.55. The van der Waals surface area contributed by atoms with Crippen molar-refractivity contribution >= 4 is 23.3 Å². The van der Waals surface area contributed by atoms with E-state index in [4.69, 9.17) is 0 Å². The first-order valence-electron chi connectivity index (χ1n) is 12.1. The normalized spacial score (nSPS) is 15.4. The summed E-state index contributed by atoms with van der Waals surface area (Å²) in [5.74, 6) is 2.33. The van der Waals surface area contributed by atoms with Gasteiger partial charge in [-0.3, -0.25) is 4.90 Å². The van der Waals surface area contributed by atoms with Crippen molar-refractivity contribution in [1.82, 2.24) is 35.1 Å². The van der Waals surface area contributed by atoms with Gasteiger partial charge in [0.1, 0.15) is 17.3 Å². The molecule has 3 N–H and O–H groups in total. The Balaban J connectivity index is 1.24. The zero-order valence-electron chi connectivity index (χ0n) is 20.9. The molecular formula is C27H31N9. The van der Waals surface area contributed by atoms with Crippen LogP contribution in [0.15, 0.2) is 67.0 Å². The molecule has 1 saturated heterocycles. The van der Waals surface area contributed by atoms with Gasteiger partial charge in [0.25, 0.3) is 0 Å². The molecule has 5 rings (SSSR count). The highest BCUT2D eigenvalue weighted by molar-refractivity contribution is 5.59. The van der Waals surface area contributed by atoms with E-state index >= 15 is 0 Å². The SMILES string of the molecule is Cc1cccc(-c2nccc(Nc3ccnc(Nc4ccc(CN5CCNCC5(C)C)cc4)n3)n2)n1. The molecule has 9 nitrogen and oxygen atoms in total. The summed E-state index contributed by atoms with van der Waals surface area (Å²) >= 11 is 0. The average molecular weight is 482 g/mol. The quantitative estimate of drug-likeness (QED) is 0.356. The number of nitrogens with one attached hydrogen (secondary N) is 3. The third kappa shape index (κ3) is 5.81. The smallest absolute Gasteiger partial charge is 0.229 e. The summed E-state index contributed by atoms with van der Waals surface area (Å²) in [4.78, 5) is 24.9. The highest BCUT2D eigenvalue weighted by Gasteiger charge is 2.29. The van der Waals surface area contributed by atoms with E-state index in [1.807, 2.05) is 25.1 Å². The molecule has 1 aliphatic heterocycles. The van der Waals surface area contributed by atoms with Gasteiger partial charge in [0.05, 0.1) is 0 Å². The van der Waals surface area contributed by atoms with Crippen molar-refractivity contribution < 1.29 is 0 Å². The first kappa shape index (κ1) is 23.8. The largest absolute Gasteiger partial charge is 0.325 e. The van der Waals surface area contributed by atoms with E-state index in [0.717, 1.165) is 43.3 Å². The lowest BCUT2D eigenvalue weighted by Gasteiger charge is -2.42. The maximum atomic E-state index is 4.59. The number of benzene rings is 1. The van der Waals surface area contributed by atoms with E-state index in [-0.39, 0.29) is 5.54 Å². The van der Waals surface area contributed by atoms with Gasteiger partial charge in [0, 0.05) is 55.5 Å². The average Bonchev–Trinajstić information content (AvgIpc) is 2.87. The number of anilines is 4. The van der Waals surface area contributed by atoms with Crippen LogP contribution in [-0.4, -0.2) is 55.0 Å². The van der Waals surface area contributed by atoms with Gasteiger partial charge in [-0.1, -0.05) is 18.2 Å². The Morgan fingerprint density at radius 2 is 1.67 bits per heavy atom. The van der Waals surface area contributed by atoms with Gasteiger partial charge >= 0.3 is 0 Å². The standard InChI is InChI=1S/C27H31N9/c1-19-5-4-6-22(31-19)25-29-13-11-23(34-25)33-24-12-14-30-26(35-24)32-21-9-7-20(8-10-21)17-36-16-15-28-18-27(36,2)3/h4-14,28H,15-18H2,1-3H3,(H2,29,30,32,33,34,35). The second kappa shape index (κ2) is 10.3. The molecule has 3 aromatic heterocycles. The molecule has 1 aliphatic rings. The van der Waals surface area contributed by atoms with Crippen molar-refractivity contribution in [3.8, 4) is 11.5 Å². The van der Waals surface area contributed by atoms with Gasteiger partial charge in [-0.15, -0.1) is 0 Å². The fourth-order valence-electron chi connectivity index (χ4n) is 4.20. The number of hydrogen-bond acceptors (Lipinski definition) is 9.